The van der Waals surface area contributed by atoms with Crippen molar-refractivity contribution >= 4 is 34.5 Å². The predicted molar refractivity (Wildman–Crippen MR) is 116 cm³/mol. The van der Waals surface area contributed by atoms with Crippen LogP contribution in [0.1, 0.15) is 49.5 Å². The number of carbonyl (C=O) groups is 1. The predicted octanol–water partition coefficient (Wildman–Crippen LogP) is 5.12. The number of pyridine rings is 1. The second-order valence-electron chi connectivity index (χ2n) is 7.44. The molecule has 1 aliphatic carbocycles. The SMILES string of the molecule is Cc1ccc(NC(=O)CSCc2nc3cccnc3n2C2CCCCC2)cc1. The maximum Gasteiger partial charge on any atom is 0.234 e. The number of benzene rings is 1. The molecule has 0 atom stereocenters. The van der Waals surface area contributed by atoms with Crippen LogP contribution in [0, 0.1) is 6.92 Å². The minimum Gasteiger partial charge on any atom is -0.325 e. The van der Waals surface area contributed by atoms with E-state index in [0.29, 0.717) is 17.5 Å². The van der Waals surface area contributed by atoms with Gasteiger partial charge >= 0.3 is 0 Å². The maximum atomic E-state index is 12.3. The summed E-state index contributed by atoms with van der Waals surface area (Å²) in [4.78, 5) is 21.7. The first kappa shape index (κ1) is 19.0. The molecule has 28 heavy (non-hydrogen) atoms. The quantitative estimate of drug-likeness (QED) is 0.631. The van der Waals surface area contributed by atoms with Gasteiger partial charge in [0.1, 0.15) is 11.3 Å². The summed E-state index contributed by atoms with van der Waals surface area (Å²) in [6.07, 6.45) is 8.07. The lowest BCUT2D eigenvalue weighted by Gasteiger charge is -2.25. The van der Waals surface area contributed by atoms with Crippen LogP contribution in [0.4, 0.5) is 5.69 Å². The van der Waals surface area contributed by atoms with Gasteiger partial charge in [-0.3, -0.25) is 4.79 Å². The number of aryl methyl sites for hydroxylation is 1. The molecule has 3 aromatic rings. The first-order valence-electron chi connectivity index (χ1n) is 9.97. The first-order chi connectivity index (χ1) is 13.7. The summed E-state index contributed by atoms with van der Waals surface area (Å²) < 4.78 is 2.33. The number of hydrogen-bond acceptors (Lipinski definition) is 4. The number of fused-ring (bicyclic) bond motifs is 1. The third kappa shape index (κ3) is 4.38. The van der Waals surface area contributed by atoms with Gasteiger partial charge < -0.3 is 9.88 Å². The van der Waals surface area contributed by atoms with Crippen molar-refractivity contribution in [3.8, 4) is 0 Å². The molecule has 1 fully saturated rings. The normalized spacial score (nSPS) is 15.0. The first-order valence-corrected chi connectivity index (χ1v) is 11.1. The monoisotopic (exact) mass is 394 g/mol. The lowest BCUT2D eigenvalue weighted by molar-refractivity contribution is -0.113. The van der Waals surface area contributed by atoms with Gasteiger partial charge in [-0.1, -0.05) is 37.0 Å². The highest BCUT2D eigenvalue weighted by Gasteiger charge is 2.22. The zero-order chi connectivity index (χ0) is 19.3. The number of aromatic nitrogens is 3. The Hall–Kier alpha value is -2.34. The summed E-state index contributed by atoms with van der Waals surface area (Å²) in [5.41, 5.74) is 3.96. The highest BCUT2D eigenvalue weighted by atomic mass is 32.2. The Morgan fingerprint density at radius 2 is 1.96 bits per heavy atom. The molecule has 1 N–H and O–H groups in total. The minimum absolute atomic E-state index is 0.0207. The summed E-state index contributed by atoms with van der Waals surface area (Å²) in [6.45, 7) is 2.04. The number of hydrogen-bond donors (Lipinski definition) is 1. The van der Waals surface area contributed by atoms with Crippen molar-refractivity contribution in [2.24, 2.45) is 0 Å². The fraction of sp³-hybridized carbons (Fsp3) is 0.409. The molecule has 0 bridgehead atoms. The summed E-state index contributed by atoms with van der Waals surface area (Å²) in [7, 11) is 0. The fourth-order valence-corrected chi connectivity index (χ4v) is 4.62. The van der Waals surface area contributed by atoms with Crippen molar-refractivity contribution in [2.45, 2.75) is 50.8 Å². The zero-order valence-corrected chi connectivity index (χ0v) is 17.0. The standard InChI is InChI=1S/C22H26N4OS/c1-16-9-11-17(12-10-16)24-21(27)15-28-14-20-25-19-8-5-13-23-22(19)26(20)18-6-3-2-4-7-18/h5,8-13,18H,2-4,6-7,14-15H2,1H3,(H,24,27). The van der Waals surface area contributed by atoms with Crippen molar-refractivity contribution in [3.05, 3.63) is 54.0 Å². The van der Waals surface area contributed by atoms with Crippen LogP contribution in [0.15, 0.2) is 42.6 Å². The van der Waals surface area contributed by atoms with Crippen LogP contribution in [-0.2, 0) is 10.5 Å². The van der Waals surface area contributed by atoms with Crippen LogP contribution >= 0.6 is 11.8 Å². The summed E-state index contributed by atoms with van der Waals surface area (Å²) in [5, 5.41) is 2.96. The number of anilines is 1. The van der Waals surface area contributed by atoms with E-state index in [0.717, 1.165) is 22.7 Å². The molecule has 5 nitrogen and oxygen atoms in total. The molecular formula is C22H26N4OS. The molecular weight excluding hydrogens is 368 g/mol. The number of nitrogens with one attached hydrogen (secondary N) is 1. The third-order valence-electron chi connectivity index (χ3n) is 5.26. The fourth-order valence-electron chi connectivity index (χ4n) is 3.87. The van der Waals surface area contributed by atoms with E-state index in [1.807, 2.05) is 49.5 Å². The number of nitrogens with zero attached hydrogens (tertiary/aromatic N) is 3. The number of imidazole rings is 1. The van der Waals surface area contributed by atoms with E-state index in [4.69, 9.17) is 4.98 Å². The Balaban J connectivity index is 1.42. The van der Waals surface area contributed by atoms with Crippen LogP contribution in [0.2, 0.25) is 0 Å². The molecule has 146 valence electrons. The number of amides is 1. The van der Waals surface area contributed by atoms with Gasteiger partial charge in [-0.15, -0.1) is 11.8 Å². The zero-order valence-electron chi connectivity index (χ0n) is 16.2. The molecule has 0 aliphatic heterocycles. The molecule has 0 spiro atoms. The van der Waals surface area contributed by atoms with Crippen molar-refractivity contribution in [1.82, 2.24) is 14.5 Å². The number of carbonyl (C=O) groups excluding carboxylic acids is 1. The van der Waals surface area contributed by atoms with Crippen molar-refractivity contribution in [2.75, 3.05) is 11.1 Å². The van der Waals surface area contributed by atoms with Crippen molar-refractivity contribution in [1.29, 1.82) is 0 Å². The van der Waals surface area contributed by atoms with Gasteiger partial charge in [0.15, 0.2) is 5.65 Å². The van der Waals surface area contributed by atoms with Crippen molar-refractivity contribution in [3.63, 3.8) is 0 Å². The van der Waals surface area contributed by atoms with Gasteiger partial charge in [0, 0.05) is 17.9 Å². The van der Waals surface area contributed by atoms with Gasteiger partial charge in [0.05, 0.1) is 11.5 Å². The summed E-state index contributed by atoms with van der Waals surface area (Å²) in [6, 6.07) is 12.3. The topological polar surface area (TPSA) is 59.8 Å². The molecule has 0 saturated heterocycles. The van der Waals surface area contributed by atoms with E-state index in [9.17, 15) is 4.79 Å². The Kier molecular flexibility index (Phi) is 5.95. The Bertz CT molecular complexity index is 945. The van der Waals surface area contributed by atoms with E-state index < -0.39 is 0 Å². The molecule has 2 heterocycles. The van der Waals surface area contributed by atoms with Crippen LogP contribution in [0.3, 0.4) is 0 Å². The average molecular weight is 395 g/mol. The molecule has 6 heteroatoms. The van der Waals surface area contributed by atoms with E-state index >= 15 is 0 Å². The minimum atomic E-state index is 0.0207. The second kappa shape index (κ2) is 8.78. The molecule has 1 amide bonds. The Morgan fingerprint density at radius 1 is 1.18 bits per heavy atom. The highest BCUT2D eigenvalue weighted by molar-refractivity contribution is 7.99. The van der Waals surface area contributed by atoms with E-state index in [1.54, 1.807) is 11.8 Å². The van der Waals surface area contributed by atoms with Crippen LogP contribution in [0.25, 0.3) is 11.2 Å². The third-order valence-corrected chi connectivity index (χ3v) is 6.19. The largest absolute Gasteiger partial charge is 0.325 e. The van der Waals surface area contributed by atoms with E-state index in [-0.39, 0.29) is 5.91 Å². The molecule has 1 aromatic carbocycles. The summed E-state index contributed by atoms with van der Waals surface area (Å²) >= 11 is 1.61. The Morgan fingerprint density at radius 3 is 2.75 bits per heavy atom. The van der Waals surface area contributed by atoms with Gasteiger partial charge in [-0.05, 0) is 44.0 Å². The average Bonchev–Trinajstić information content (AvgIpc) is 3.08. The smallest absolute Gasteiger partial charge is 0.234 e. The van der Waals surface area contributed by atoms with Gasteiger partial charge in [0.25, 0.3) is 0 Å². The Labute approximate surface area is 170 Å². The lowest BCUT2D eigenvalue weighted by Crippen LogP contribution is -2.17. The molecule has 2 aromatic heterocycles. The number of thioether (sulfide) groups is 1. The molecule has 1 aliphatic rings. The molecule has 0 radical (unpaired) electrons. The maximum absolute atomic E-state index is 12.3. The van der Waals surface area contributed by atoms with Gasteiger partial charge in [-0.2, -0.15) is 0 Å². The highest BCUT2D eigenvalue weighted by Crippen LogP contribution is 2.32. The molecule has 0 unspecified atom stereocenters. The van der Waals surface area contributed by atoms with Crippen LogP contribution in [-0.4, -0.2) is 26.2 Å². The van der Waals surface area contributed by atoms with Gasteiger partial charge in [0.2, 0.25) is 5.91 Å². The van der Waals surface area contributed by atoms with Crippen molar-refractivity contribution < 1.29 is 4.79 Å². The molecule has 1 saturated carbocycles. The lowest BCUT2D eigenvalue weighted by atomic mass is 9.95. The second-order valence-corrected chi connectivity index (χ2v) is 8.43. The van der Waals surface area contributed by atoms with E-state index in [1.165, 1.54) is 37.7 Å². The van der Waals surface area contributed by atoms with Crippen LogP contribution < -0.4 is 5.32 Å². The molecule has 4 rings (SSSR count). The number of rotatable bonds is 6. The van der Waals surface area contributed by atoms with E-state index in [2.05, 4.69) is 14.9 Å². The summed E-state index contributed by atoms with van der Waals surface area (Å²) in [5.74, 6) is 2.18. The van der Waals surface area contributed by atoms with Crippen LogP contribution in [0.5, 0.6) is 0 Å². The van der Waals surface area contributed by atoms with Gasteiger partial charge in [-0.25, -0.2) is 9.97 Å².